The Morgan fingerprint density at radius 1 is 1.09 bits per heavy atom. The van der Waals surface area contributed by atoms with Gasteiger partial charge in [-0.3, -0.25) is 9.59 Å². The molecule has 6 heteroatoms. The summed E-state index contributed by atoms with van der Waals surface area (Å²) in [5, 5.41) is 3.13. The Bertz CT molecular complexity index is 1080. The summed E-state index contributed by atoms with van der Waals surface area (Å²) in [6.07, 6.45) is 4.94. The molecule has 2 aliphatic rings. The molecule has 2 aromatic rings. The zero-order chi connectivity index (χ0) is 23.4. The van der Waals surface area contributed by atoms with Crippen molar-refractivity contribution >= 4 is 29.4 Å². The van der Waals surface area contributed by atoms with Crippen LogP contribution in [0.4, 0.5) is 5.69 Å². The fourth-order valence-corrected chi connectivity index (χ4v) is 4.40. The normalized spacial score (nSPS) is 18.4. The predicted molar refractivity (Wildman–Crippen MR) is 139 cm³/mol. The summed E-state index contributed by atoms with van der Waals surface area (Å²) in [7, 11) is 0. The van der Waals surface area contributed by atoms with Crippen LogP contribution in [0.15, 0.2) is 59.1 Å². The number of fused-ring (bicyclic) bond motifs is 1. The van der Waals surface area contributed by atoms with Gasteiger partial charge in [-0.1, -0.05) is 57.7 Å². The molecule has 0 unspecified atom stereocenters. The van der Waals surface area contributed by atoms with E-state index >= 15 is 0 Å². The van der Waals surface area contributed by atoms with Crippen LogP contribution in [0.5, 0.6) is 0 Å². The average molecular weight is 461 g/mol. The number of nitrogens with one attached hydrogen (secondary N) is 1. The minimum absolute atomic E-state index is 0. The van der Waals surface area contributed by atoms with Gasteiger partial charge in [0.05, 0.1) is 5.69 Å². The van der Waals surface area contributed by atoms with Crippen LogP contribution in [0.1, 0.15) is 74.4 Å². The quantitative estimate of drug-likeness (QED) is 0.579. The molecule has 1 heterocycles. The number of rotatable bonds is 8. The number of hydrogen-bond acceptors (Lipinski definition) is 4. The molecule has 4 rings (SSSR count). The van der Waals surface area contributed by atoms with Gasteiger partial charge in [0.1, 0.15) is 5.84 Å². The second-order valence-electron chi connectivity index (χ2n) is 8.85. The van der Waals surface area contributed by atoms with Gasteiger partial charge in [0.15, 0.2) is 0 Å². The fourth-order valence-electron chi connectivity index (χ4n) is 4.40. The molecule has 0 aromatic heterocycles. The van der Waals surface area contributed by atoms with Crippen LogP contribution in [0.2, 0.25) is 0 Å². The van der Waals surface area contributed by atoms with Crippen LogP contribution in [0, 0.1) is 0 Å². The first-order chi connectivity index (χ1) is 16.0. The third-order valence-corrected chi connectivity index (χ3v) is 6.14. The van der Waals surface area contributed by atoms with Gasteiger partial charge in [-0.2, -0.15) is 0 Å². The summed E-state index contributed by atoms with van der Waals surface area (Å²) in [5.41, 5.74) is 10.0. The molecule has 1 aliphatic carbocycles. The van der Waals surface area contributed by atoms with E-state index in [-0.39, 0.29) is 25.3 Å². The lowest BCUT2D eigenvalue weighted by atomic mass is 10.0. The molecule has 34 heavy (non-hydrogen) atoms. The number of carbonyl (C=O) groups excluding carboxylic acids is 2. The molecule has 3 N–H and O–H groups in total. The summed E-state index contributed by atoms with van der Waals surface area (Å²) in [6.45, 7) is 5.58. The number of nitrogens with two attached hydrogens (primary N) is 1. The lowest BCUT2D eigenvalue weighted by Gasteiger charge is -2.22. The number of aliphatic imine (C=N–C) groups is 1. The molecule has 6 nitrogen and oxygen atoms in total. The zero-order valence-electron chi connectivity index (χ0n) is 19.4. The van der Waals surface area contributed by atoms with Gasteiger partial charge in [0.25, 0.3) is 5.91 Å². The predicted octanol–water partition coefficient (Wildman–Crippen LogP) is 5.03. The average Bonchev–Trinajstić information content (AvgIpc) is 3.60. The number of nitrogens with zero attached hydrogens (tertiary/aromatic N) is 2. The van der Waals surface area contributed by atoms with E-state index in [0.29, 0.717) is 35.0 Å². The first-order valence-electron chi connectivity index (χ1n) is 11.8. The number of amides is 2. The van der Waals surface area contributed by atoms with E-state index in [1.165, 1.54) is 5.56 Å². The van der Waals surface area contributed by atoms with Crippen molar-refractivity contribution in [2.75, 3.05) is 13.1 Å². The highest BCUT2D eigenvalue weighted by atomic mass is 16.2. The number of benzene rings is 2. The standard InChI is InChI=1S/C27H32N4O2.CH4/c1-3-12-31(13-4-2)27(33)21-14-19-10-11-20(15-23(19)29-25(28)16-21)26(32)30-24-17-22(24)18-8-6-5-7-9-18;/h5-11,14-15,22,24H,3-4,12-13,16-17H2,1-2H3,(H2,28,29)(H,30,32);1H4/t22-,24+;/m1./s1. The van der Waals surface area contributed by atoms with Gasteiger partial charge in [-0.15, -0.1) is 0 Å². The summed E-state index contributed by atoms with van der Waals surface area (Å²) >= 11 is 0. The van der Waals surface area contributed by atoms with Crippen molar-refractivity contribution in [1.29, 1.82) is 0 Å². The van der Waals surface area contributed by atoms with E-state index in [1.807, 2.05) is 35.2 Å². The lowest BCUT2D eigenvalue weighted by Crippen LogP contribution is -2.34. The molecule has 0 saturated heterocycles. The summed E-state index contributed by atoms with van der Waals surface area (Å²) in [4.78, 5) is 32.4. The molecular formula is C28H36N4O2. The summed E-state index contributed by atoms with van der Waals surface area (Å²) in [6, 6.07) is 15.8. The highest BCUT2D eigenvalue weighted by Crippen LogP contribution is 2.40. The molecule has 2 aromatic carbocycles. The molecule has 0 bridgehead atoms. The minimum atomic E-state index is -0.114. The third-order valence-electron chi connectivity index (χ3n) is 6.14. The van der Waals surface area contributed by atoms with Gasteiger partial charge in [-0.05, 0) is 43.0 Å². The van der Waals surface area contributed by atoms with Gasteiger partial charge in [0, 0.05) is 48.2 Å². The van der Waals surface area contributed by atoms with Crippen molar-refractivity contribution in [3.8, 4) is 0 Å². The largest absolute Gasteiger partial charge is 0.387 e. The molecule has 1 aliphatic heterocycles. The Morgan fingerprint density at radius 2 is 1.79 bits per heavy atom. The SMILES string of the molecule is C.CCCN(CCC)C(=O)C1=Cc2ccc(C(=O)N[C@H]3C[C@@H]3c3ccccc3)cc2N=C(N)C1. The topological polar surface area (TPSA) is 87.8 Å². The number of carbonyl (C=O) groups is 2. The van der Waals surface area contributed by atoms with Crippen LogP contribution < -0.4 is 11.1 Å². The van der Waals surface area contributed by atoms with Gasteiger partial charge in [0.2, 0.25) is 5.91 Å². The van der Waals surface area contributed by atoms with Crippen LogP contribution in [0.3, 0.4) is 0 Å². The molecule has 2 amide bonds. The van der Waals surface area contributed by atoms with Crippen molar-refractivity contribution in [2.45, 2.75) is 58.9 Å². The Labute approximate surface area is 203 Å². The fraction of sp³-hybridized carbons (Fsp3) is 0.393. The third kappa shape index (κ3) is 5.74. The van der Waals surface area contributed by atoms with Crippen LogP contribution >= 0.6 is 0 Å². The van der Waals surface area contributed by atoms with Crippen molar-refractivity contribution in [3.63, 3.8) is 0 Å². The molecule has 0 spiro atoms. The Morgan fingerprint density at radius 3 is 2.47 bits per heavy atom. The molecule has 2 atom stereocenters. The molecule has 1 fully saturated rings. The molecule has 1 saturated carbocycles. The summed E-state index contributed by atoms with van der Waals surface area (Å²) < 4.78 is 0. The Balaban J connectivity index is 0.00000324. The number of amidine groups is 1. The van der Waals surface area contributed by atoms with E-state index < -0.39 is 0 Å². The second kappa shape index (κ2) is 11.1. The molecule has 0 radical (unpaired) electrons. The monoisotopic (exact) mass is 460 g/mol. The van der Waals surface area contributed by atoms with Gasteiger partial charge >= 0.3 is 0 Å². The lowest BCUT2D eigenvalue weighted by molar-refractivity contribution is -0.127. The van der Waals surface area contributed by atoms with Crippen LogP contribution in [-0.2, 0) is 4.79 Å². The minimum Gasteiger partial charge on any atom is -0.387 e. The van der Waals surface area contributed by atoms with Crippen molar-refractivity contribution in [2.24, 2.45) is 10.7 Å². The highest BCUT2D eigenvalue weighted by Gasteiger charge is 2.39. The second-order valence-corrected chi connectivity index (χ2v) is 8.85. The van der Waals surface area contributed by atoms with Gasteiger partial charge < -0.3 is 16.0 Å². The first-order valence-corrected chi connectivity index (χ1v) is 11.8. The molecular weight excluding hydrogens is 424 g/mol. The number of hydrogen-bond donors (Lipinski definition) is 2. The van der Waals surface area contributed by atoms with Crippen LogP contribution in [0.25, 0.3) is 6.08 Å². The van der Waals surface area contributed by atoms with E-state index in [9.17, 15) is 9.59 Å². The maximum absolute atomic E-state index is 13.1. The maximum Gasteiger partial charge on any atom is 0.251 e. The van der Waals surface area contributed by atoms with E-state index in [0.717, 1.165) is 37.9 Å². The Hall–Kier alpha value is -3.41. The highest BCUT2D eigenvalue weighted by molar-refractivity contribution is 6.06. The Kier molecular flexibility index (Phi) is 8.26. The van der Waals surface area contributed by atoms with Crippen molar-refractivity contribution < 1.29 is 9.59 Å². The van der Waals surface area contributed by atoms with Gasteiger partial charge in [-0.25, -0.2) is 4.99 Å². The van der Waals surface area contributed by atoms with E-state index in [2.05, 4.69) is 36.3 Å². The van der Waals surface area contributed by atoms with E-state index in [4.69, 9.17) is 5.73 Å². The summed E-state index contributed by atoms with van der Waals surface area (Å²) in [5.74, 6) is 0.643. The van der Waals surface area contributed by atoms with Crippen molar-refractivity contribution in [3.05, 3.63) is 70.8 Å². The smallest absolute Gasteiger partial charge is 0.251 e. The first kappa shape index (κ1) is 25.2. The van der Waals surface area contributed by atoms with Crippen molar-refractivity contribution in [1.82, 2.24) is 10.2 Å². The molecule has 180 valence electrons. The van der Waals surface area contributed by atoms with E-state index in [1.54, 1.807) is 12.1 Å². The zero-order valence-corrected chi connectivity index (χ0v) is 19.4. The van der Waals surface area contributed by atoms with Crippen LogP contribution in [-0.4, -0.2) is 41.7 Å². The maximum atomic E-state index is 13.1.